The van der Waals surface area contributed by atoms with Crippen molar-refractivity contribution in [1.29, 1.82) is 10.5 Å². The van der Waals surface area contributed by atoms with Crippen LogP contribution in [0, 0.1) is 22.7 Å². The van der Waals surface area contributed by atoms with Crippen LogP contribution in [0.3, 0.4) is 0 Å². The van der Waals surface area contributed by atoms with Crippen molar-refractivity contribution in [3.63, 3.8) is 0 Å². The molecule has 1 aromatic rings. The van der Waals surface area contributed by atoms with Gasteiger partial charge in [-0.2, -0.15) is 14.8 Å². The fraction of sp³-hybridized carbons (Fsp3) is 0.385. The van der Waals surface area contributed by atoms with Crippen molar-refractivity contribution in [3.05, 3.63) is 29.8 Å². The normalized spacial score (nSPS) is 14.9. The second kappa shape index (κ2) is 5.40. The van der Waals surface area contributed by atoms with Gasteiger partial charge in [0.15, 0.2) is 0 Å². The summed E-state index contributed by atoms with van der Waals surface area (Å²) < 4.78 is 26.4. The summed E-state index contributed by atoms with van der Waals surface area (Å²) in [6, 6.07) is 9.88. The van der Waals surface area contributed by atoms with E-state index in [9.17, 15) is 8.42 Å². The molecule has 5 nitrogen and oxygen atoms in total. The van der Waals surface area contributed by atoms with Crippen molar-refractivity contribution in [2.45, 2.75) is 30.2 Å². The first-order valence-corrected chi connectivity index (χ1v) is 7.42. The maximum absolute atomic E-state index is 12.5. The molecule has 0 spiro atoms. The zero-order chi connectivity index (χ0) is 13.9. The molecule has 19 heavy (non-hydrogen) atoms. The van der Waals surface area contributed by atoms with E-state index in [0.29, 0.717) is 5.56 Å². The number of nitrogens with zero attached hydrogens (tertiary/aromatic N) is 3. The highest BCUT2D eigenvalue weighted by Crippen LogP contribution is 2.32. The Morgan fingerprint density at radius 1 is 1.32 bits per heavy atom. The van der Waals surface area contributed by atoms with Crippen molar-refractivity contribution >= 4 is 10.0 Å². The molecule has 0 aromatic heterocycles. The second-order valence-corrected chi connectivity index (χ2v) is 6.29. The minimum Gasteiger partial charge on any atom is -0.207 e. The molecule has 1 aliphatic carbocycles. The summed E-state index contributed by atoms with van der Waals surface area (Å²) in [6.45, 7) is 0.209. The Kier molecular flexibility index (Phi) is 3.84. The molecule has 0 unspecified atom stereocenters. The monoisotopic (exact) mass is 275 g/mol. The van der Waals surface area contributed by atoms with Crippen LogP contribution in [-0.2, 0) is 10.0 Å². The number of hydrogen-bond acceptors (Lipinski definition) is 4. The fourth-order valence-electron chi connectivity index (χ4n) is 1.88. The van der Waals surface area contributed by atoms with Gasteiger partial charge >= 0.3 is 0 Å². The molecule has 0 heterocycles. The standard InChI is InChI=1S/C13H13N3O2S/c14-7-2-8-16(12-5-6-12)19(17,18)13-4-1-3-11(9-13)10-15/h1,3-4,9,12H,2,5-6,8H2. The SMILES string of the molecule is N#CCCN(C1CC1)S(=O)(=O)c1cccc(C#N)c1. The van der Waals surface area contributed by atoms with Gasteiger partial charge in [0.1, 0.15) is 0 Å². The van der Waals surface area contributed by atoms with Gasteiger partial charge in [-0.15, -0.1) is 0 Å². The van der Waals surface area contributed by atoms with Gasteiger partial charge in [-0.1, -0.05) is 6.07 Å². The van der Waals surface area contributed by atoms with Crippen LogP contribution in [-0.4, -0.2) is 25.3 Å². The smallest absolute Gasteiger partial charge is 0.207 e. The van der Waals surface area contributed by atoms with Crippen LogP contribution in [0.15, 0.2) is 29.2 Å². The first-order valence-electron chi connectivity index (χ1n) is 5.98. The van der Waals surface area contributed by atoms with E-state index < -0.39 is 10.0 Å². The maximum atomic E-state index is 12.5. The van der Waals surface area contributed by atoms with Crippen molar-refractivity contribution < 1.29 is 8.42 Å². The van der Waals surface area contributed by atoms with E-state index in [1.807, 2.05) is 12.1 Å². The minimum absolute atomic E-state index is 0.00379. The molecule has 1 saturated carbocycles. The van der Waals surface area contributed by atoms with Crippen LogP contribution >= 0.6 is 0 Å². The highest BCUT2D eigenvalue weighted by molar-refractivity contribution is 7.89. The van der Waals surface area contributed by atoms with E-state index in [0.717, 1.165) is 12.8 Å². The number of sulfonamides is 1. The molecule has 0 aliphatic heterocycles. The minimum atomic E-state index is -3.61. The highest BCUT2D eigenvalue weighted by atomic mass is 32.2. The van der Waals surface area contributed by atoms with E-state index in [1.54, 1.807) is 12.1 Å². The molecule has 2 rings (SSSR count). The summed E-state index contributed by atoms with van der Waals surface area (Å²) in [4.78, 5) is 0.122. The lowest BCUT2D eigenvalue weighted by molar-refractivity contribution is 0.411. The van der Waals surface area contributed by atoms with E-state index >= 15 is 0 Å². The quantitative estimate of drug-likeness (QED) is 0.817. The first-order chi connectivity index (χ1) is 9.09. The molecule has 0 amide bonds. The molecule has 0 N–H and O–H groups in total. The Balaban J connectivity index is 2.34. The van der Waals surface area contributed by atoms with E-state index in [2.05, 4.69) is 0 Å². The second-order valence-electron chi connectivity index (χ2n) is 4.39. The fourth-order valence-corrected chi connectivity index (χ4v) is 3.62. The molecule has 1 fully saturated rings. The molecular formula is C13H13N3O2S. The lowest BCUT2D eigenvalue weighted by atomic mass is 10.2. The van der Waals surface area contributed by atoms with Crippen LogP contribution in [0.25, 0.3) is 0 Å². The van der Waals surface area contributed by atoms with E-state index in [1.165, 1.54) is 16.4 Å². The number of rotatable bonds is 5. The number of benzene rings is 1. The van der Waals surface area contributed by atoms with Gasteiger partial charge in [0.05, 0.1) is 22.6 Å². The van der Waals surface area contributed by atoms with Gasteiger partial charge < -0.3 is 0 Å². The molecule has 6 heteroatoms. The predicted octanol–water partition coefficient (Wildman–Crippen LogP) is 1.63. The first kappa shape index (κ1) is 13.5. The lowest BCUT2D eigenvalue weighted by Crippen LogP contribution is -2.34. The zero-order valence-corrected chi connectivity index (χ0v) is 11.1. The third-order valence-corrected chi connectivity index (χ3v) is 4.92. The van der Waals surface area contributed by atoms with Gasteiger partial charge in [0.2, 0.25) is 10.0 Å². The highest BCUT2D eigenvalue weighted by Gasteiger charge is 2.37. The summed E-state index contributed by atoms with van der Waals surface area (Å²) in [6.07, 6.45) is 1.85. The molecule has 0 atom stereocenters. The Bertz CT molecular complexity index is 651. The molecule has 1 aromatic carbocycles. The topological polar surface area (TPSA) is 85.0 Å². The molecule has 98 valence electrons. The summed E-state index contributed by atoms with van der Waals surface area (Å²) in [5, 5.41) is 17.4. The zero-order valence-electron chi connectivity index (χ0n) is 10.3. The lowest BCUT2D eigenvalue weighted by Gasteiger charge is -2.20. The summed E-state index contributed by atoms with van der Waals surface area (Å²) in [7, 11) is -3.61. The third-order valence-electron chi connectivity index (χ3n) is 2.97. The van der Waals surface area contributed by atoms with Crippen molar-refractivity contribution in [2.24, 2.45) is 0 Å². The van der Waals surface area contributed by atoms with Crippen LogP contribution in [0.5, 0.6) is 0 Å². The molecule has 0 bridgehead atoms. The number of nitriles is 2. The van der Waals surface area contributed by atoms with Crippen LogP contribution in [0.1, 0.15) is 24.8 Å². The van der Waals surface area contributed by atoms with Crippen LogP contribution in [0.2, 0.25) is 0 Å². The van der Waals surface area contributed by atoms with Crippen molar-refractivity contribution in [2.75, 3.05) is 6.54 Å². The molecule has 1 aliphatic rings. The Morgan fingerprint density at radius 2 is 2.05 bits per heavy atom. The predicted molar refractivity (Wildman–Crippen MR) is 68.3 cm³/mol. The van der Waals surface area contributed by atoms with Gasteiger partial charge in [-0.05, 0) is 31.0 Å². The average molecular weight is 275 g/mol. The van der Waals surface area contributed by atoms with Crippen LogP contribution < -0.4 is 0 Å². The largest absolute Gasteiger partial charge is 0.243 e. The molecular weight excluding hydrogens is 262 g/mol. The van der Waals surface area contributed by atoms with Crippen molar-refractivity contribution in [1.82, 2.24) is 4.31 Å². The molecule has 0 radical (unpaired) electrons. The Morgan fingerprint density at radius 3 is 2.63 bits per heavy atom. The van der Waals surface area contributed by atoms with Gasteiger partial charge in [-0.3, -0.25) is 0 Å². The summed E-state index contributed by atoms with van der Waals surface area (Å²) in [5.41, 5.74) is 0.317. The Labute approximate surface area is 112 Å². The van der Waals surface area contributed by atoms with E-state index in [-0.39, 0.29) is 23.9 Å². The van der Waals surface area contributed by atoms with Gasteiger partial charge in [0.25, 0.3) is 0 Å². The Hall–Kier alpha value is -1.89. The van der Waals surface area contributed by atoms with Gasteiger partial charge in [-0.25, -0.2) is 8.42 Å². The van der Waals surface area contributed by atoms with Crippen molar-refractivity contribution in [3.8, 4) is 12.1 Å². The van der Waals surface area contributed by atoms with Crippen LogP contribution in [0.4, 0.5) is 0 Å². The third kappa shape index (κ3) is 2.93. The average Bonchev–Trinajstić information content (AvgIpc) is 3.23. The molecule has 0 saturated heterocycles. The summed E-state index contributed by atoms with van der Waals surface area (Å²) in [5.74, 6) is 0. The number of hydrogen-bond donors (Lipinski definition) is 0. The summed E-state index contributed by atoms with van der Waals surface area (Å²) >= 11 is 0. The van der Waals surface area contributed by atoms with Gasteiger partial charge in [0, 0.05) is 19.0 Å². The maximum Gasteiger partial charge on any atom is 0.243 e. The van der Waals surface area contributed by atoms with E-state index in [4.69, 9.17) is 10.5 Å².